The molecule has 271 valence electrons. The van der Waals surface area contributed by atoms with Crippen molar-refractivity contribution in [2.75, 3.05) is 0 Å². The molecule has 0 spiro atoms. The molecule has 0 atom stereocenters. The van der Waals surface area contributed by atoms with E-state index in [9.17, 15) is 0 Å². The van der Waals surface area contributed by atoms with Crippen LogP contribution >= 0.6 is 0 Å². The molecule has 53 heavy (non-hydrogen) atoms. The first-order chi connectivity index (χ1) is 24.9. The van der Waals surface area contributed by atoms with Crippen LogP contribution in [-0.2, 0) is 31.9 Å². The number of nitrogens with zero attached hydrogens (tertiary/aromatic N) is 4. The van der Waals surface area contributed by atoms with Gasteiger partial charge in [0.1, 0.15) is 0 Å². The van der Waals surface area contributed by atoms with Crippen LogP contribution in [0.25, 0.3) is 61.4 Å². The Morgan fingerprint density at radius 2 is 1.53 bits per heavy atom. The molecule has 0 saturated heterocycles. The summed E-state index contributed by atoms with van der Waals surface area (Å²) < 4.78 is 10.1. The van der Waals surface area contributed by atoms with Crippen molar-refractivity contribution < 1.29 is 24.5 Å². The second-order valence-corrected chi connectivity index (χ2v) is 26.6. The van der Waals surface area contributed by atoms with Gasteiger partial charge in [0.05, 0.1) is 22.4 Å². The Morgan fingerprint density at radius 3 is 2.19 bits per heavy atom. The minimum atomic E-state index is -1.72. The smallest absolute Gasteiger partial charge is 0 e. The molecule has 4 heterocycles. The normalized spacial score (nSPS) is 11.9. The summed E-state index contributed by atoms with van der Waals surface area (Å²) in [7, 11) is 0. The zero-order valence-electron chi connectivity index (χ0n) is 31.8. The number of fused-ring (bicyclic) bond motifs is 4. The molecule has 0 aliphatic heterocycles. The van der Waals surface area contributed by atoms with Crippen molar-refractivity contribution in [1.82, 2.24) is 19.5 Å². The van der Waals surface area contributed by atoms with E-state index in [1.54, 1.807) is 0 Å². The van der Waals surface area contributed by atoms with E-state index in [0.29, 0.717) is 11.6 Å². The van der Waals surface area contributed by atoms with Gasteiger partial charge < -0.3 is 8.98 Å². The molecular weight excluding hydrogens is 889 g/mol. The second-order valence-electron chi connectivity index (χ2n) is 16.0. The molecule has 0 unspecified atom stereocenters. The molecule has 5 nitrogen and oxygen atoms in total. The number of para-hydroxylation sites is 2. The molecule has 7 heteroatoms. The van der Waals surface area contributed by atoms with E-state index in [1.807, 2.05) is 42.6 Å². The predicted octanol–water partition coefficient (Wildman–Crippen LogP) is 11.4. The SMILES string of the molecule is CC(C)Cc1ccc2c(n1)oc1c(-c3nc4ccccc4n3-c3ccc(C(C)(C)C)cc3)[c-]ccc12.[CH3][Ge]([CH3])([CH3])[c]1ccc(-c2[c-]cccc2)nc1.[Ir]. The Balaban J connectivity index is 0.000000238. The summed E-state index contributed by atoms with van der Waals surface area (Å²) in [5.74, 6) is 8.49. The Hall–Kier alpha value is -4.36. The van der Waals surface area contributed by atoms with Crippen molar-refractivity contribution in [2.45, 2.75) is 63.7 Å². The number of rotatable bonds is 6. The summed E-state index contributed by atoms with van der Waals surface area (Å²) in [6.07, 6.45) is 2.96. The molecule has 0 aliphatic rings. The van der Waals surface area contributed by atoms with Crippen molar-refractivity contribution in [3.05, 3.63) is 139 Å². The Labute approximate surface area is 329 Å². The largest absolute Gasteiger partial charge is 0 e. The van der Waals surface area contributed by atoms with Crippen molar-refractivity contribution in [2.24, 2.45) is 5.92 Å². The van der Waals surface area contributed by atoms with Crippen LogP contribution in [0.2, 0.25) is 17.3 Å². The summed E-state index contributed by atoms with van der Waals surface area (Å²) in [6.45, 7) is 11.1. The van der Waals surface area contributed by atoms with Crippen molar-refractivity contribution >= 4 is 50.8 Å². The summed E-state index contributed by atoms with van der Waals surface area (Å²) in [6, 6.07) is 44.2. The van der Waals surface area contributed by atoms with Crippen molar-refractivity contribution in [1.29, 1.82) is 0 Å². The topological polar surface area (TPSA) is 56.7 Å². The first-order valence-corrected chi connectivity index (χ1v) is 25.5. The second kappa shape index (κ2) is 15.5. The van der Waals surface area contributed by atoms with Crippen LogP contribution in [-0.4, -0.2) is 32.8 Å². The molecular formula is C46H46GeIrN4O-2. The van der Waals surface area contributed by atoms with E-state index in [0.717, 1.165) is 67.8 Å². The van der Waals surface area contributed by atoms with Crippen molar-refractivity contribution in [3.63, 3.8) is 0 Å². The van der Waals surface area contributed by atoms with Crippen LogP contribution in [0.15, 0.2) is 120 Å². The van der Waals surface area contributed by atoms with Gasteiger partial charge in [-0.15, -0.1) is 18.2 Å². The van der Waals surface area contributed by atoms with Gasteiger partial charge in [0.15, 0.2) is 0 Å². The maximum Gasteiger partial charge on any atom is 0 e. The molecule has 0 bridgehead atoms. The van der Waals surface area contributed by atoms with Gasteiger partial charge in [0, 0.05) is 36.9 Å². The third-order valence-electron chi connectivity index (χ3n) is 9.36. The van der Waals surface area contributed by atoms with Gasteiger partial charge in [-0.25, -0.2) is 4.98 Å². The number of hydrogen-bond acceptors (Lipinski definition) is 4. The minimum Gasteiger partial charge on any atom is 0 e. The zero-order valence-corrected chi connectivity index (χ0v) is 36.3. The summed E-state index contributed by atoms with van der Waals surface area (Å²) in [4.78, 5) is 14.4. The summed E-state index contributed by atoms with van der Waals surface area (Å²) >= 11 is -1.72. The van der Waals surface area contributed by atoms with Gasteiger partial charge in [-0.1, -0.05) is 69.8 Å². The van der Waals surface area contributed by atoms with Crippen LogP contribution in [0.5, 0.6) is 0 Å². The summed E-state index contributed by atoms with van der Waals surface area (Å²) in [5, 5.41) is 2.05. The van der Waals surface area contributed by atoms with Gasteiger partial charge in [-0.05, 0) is 59.7 Å². The van der Waals surface area contributed by atoms with E-state index in [-0.39, 0.29) is 25.5 Å². The molecule has 4 aromatic heterocycles. The number of aromatic nitrogens is 4. The van der Waals surface area contributed by atoms with Gasteiger partial charge in [-0.3, -0.25) is 4.98 Å². The van der Waals surface area contributed by atoms with Gasteiger partial charge >= 0.3 is 99.8 Å². The van der Waals surface area contributed by atoms with Crippen LogP contribution < -0.4 is 4.40 Å². The maximum atomic E-state index is 6.42. The van der Waals surface area contributed by atoms with Crippen LogP contribution in [0.1, 0.15) is 45.9 Å². The maximum absolute atomic E-state index is 6.42. The number of pyridine rings is 2. The number of hydrogen-bond donors (Lipinski definition) is 0. The van der Waals surface area contributed by atoms with Gasteiger partial charge in [-0.2, -0.15) is 0 Å². The first-order valence-electron chi connectivity index (χ1n) is 18.1. The minimum absolute atomic E-state index is 0. The fraction of sp³-hybridized carbons (Fsp3) is 0.239. The number of furan rings is 1. The van der Waals surface area contributed by atoms with Crippen LogP contribution in [0, 0.1) is 18.1 Å². The molecule has 0 N–H and O–H groups in total. The number of benzene rings is 4. The van der Waals surface area contributed by atoms with Crippen LogP contribution in [0.4, 0.5) is 0 Å². The molecule has 1 radical (unpaired) electrons. The van der Waals surface area contributed by atoms with E-state index >= 15 is 0 Å². The predicted molar refractivity (Wildman–Crippen MR) is 219 cm³/mol. The molecule has 0 fully saturated rings. The Bertz CT molecular complexity index is 2470. The standard InChI is InChI=1S/C32H30N3O.C14H16GeN.Ir/c1-20(2)19-22-15-18-25-24-9-8-10-26(29(24)36-31(25)33-22)30-34-27-11-6-7-12-28(27)35(30)23-16-13-21(14-17-23)32(3,4)5;1-15(2,3)13-9-10-14(16-11-13)12-7-5-4-6-8-12;/h6-9,11-18,20H,19H2,1-5H3;4-7,9-11H,1-3H3;/q2*-1;. The van der Waals surface area contributed by atoms with Crippen molar-refractivity contribution in [3.8, 4) is 28.3 Å². The van der Waals surface area contributed by atoms with Crippen LogP contribution in [0.3, 0.4) is 0 Å². The quantitative estimate of drug-likeness (QED) is 0.123. The zero-order chi connectivity index (χ0) is 36.6. The fourth-order valence-electron chi connectivity index (χ4n) is 6.47. The third-order valence-corrected chi connectivity index (χ3v) is 13.6. The monoisotopic (exact) mass is 937 g/mol. The molecule has 8 rings (SSSR count). The van der Waals surface area contributed by atoms with E-state index in [4.69, 9.17) is 14.4 Å². The van der Waals surface area contributed by atoms with E-state index in [1.165, 1.54) is 9.96 Å². The fourth-order valence-corrected chi connectivity index (χ4v) is 8.65. The molecule has 4 aromatic carbocycles. The molecule has 0 amide bonds. The molecule has 0 aliphatic carbocycles. The average Bonchev–Trinajstić information content (AvgIpc) is 3.70. The summed E-state index contributed by atoms with van der Waals surface area (Å²) in [5.41, 5.74) is 9.84. The molecule has 0 saturated carbocycles. The number of imidazole rings is 1. The molecule has 8 aromatic rings. The van der Waals surface area contributed by atoms with E-state index < -0.39 is 13.3 Å². The van der Waals surface area contributed by atoms with E-state index in [2.05, 4.69) is 146 Å². The van der Waals surface area contributed by atoms with Gasteiger partial charge in [0.25, 0.3) is 0 Å². The Kier molecular flexibility index (Phi) is 11.3. The Morgan fingerprint density at radius 1 is 0.774 bits per heavy atom. The first kappa shape index (κ1) is 38.4. The third kappa shape index (κ3) is 8.26. The van der Waals surface area contributed by atoms with Gasteiger partial charge in [0.2, 0.25) is 5.71 Å². The average molecular weight is 936 g/mol.